The van der Waals surface area contributed by atoms with Gasteiger partial charge in [0.15, 0.2) is 18.3 Å². The molecule has 6 atom stereocenters. The van der Waals surface area contributed by atoms with Gasteiger partial charge in [-0.3, -0.25) is 4.79 Å². The molecule has 0 radical (unpaired) electrons. The van der Waals surface area contributed by atoms with Gasteiger partial charge in [-0.25, -0.2) is 14.6 Å². The van der Waals surface area contributed by atoms with Gasteiger partial charge >= 0.3 is 17.9 Å². The fraction of sp³-hybridized carbons (Fsp3) is 0.600. The highest BCUT2D eigenvalue weighted by Crippen LogP contribution is 2.40. The molecule has 1 aromatic rings. The molecule has 0 aliphatic carbocycles. The molecule has 0 unspecified atom stereocenters. The molecular weight excluding hydrogens is 668 g/mol. The number of nitrogens with one attached hydrogen (secondary N) is 1. The Morgan fingerprint density at radius 3 is 2.56 bits per heavy atom. The summed E-state index contributed by atoms with van der Waals surface area (Å²) in [5.41, 5.74) is 4.03. The topological polar surface area (TPSA) is 166 Å². The first-order valence-electron chi connectivity index (χ1n) is 18.4. The van der Waals surface area contributed by atoms with E-state index in [9.17, 15) is 24.6 Å². The zero-order valence-corrected chi connectivity index (χ0v) is 31.4. The van der Waals surface area contributed by atoms with Crippen LogP contribution in [0.1, 0.15) is 85.5 Å². The highest BCUT2D eigenvalue weighted by molar-refractivity contribution is 5.97. The van der Waals surface area contributed by atoms with E-state index in [4.69, 9.17) is 28.7 Å². The fourth-order valence-corrected chi connectivity index (χ4v) is 7.01. The molecule has 4 aliphatic rings. The summed E-state index contributed by atoms with van der Waals surface area (Å²) in [5, 5.41) is 19.7. The van der Waals surface area contributed by atoms with Crippen molar-refractivity contribution in [2.45, 2.75) is 111 Å². The minimum atomic E-state index is -1.49. The van der Waals surface area contributed by atoms with Gasteiger partial charge in [-0.1, -0.05) is 39.3 Å². The molecule has 0 spiro atoms. The van der Waals surface area contributed by atoms with Crippen molar-refractivity contribution >= 4 is 23.8 Å². The second kappa shape index (κ2) is 16.8. The van der Waals surface area contributed by atoms with Crippen LogP contribution in [-0.4, -0.2) is 95.9 Å². The van der Waals surface area contributed by atoms with E-state index in [1.807, 2.05) is 32.1 Å². The zero-order chi connectivity index (χ0) is 37.7. The molecule has 0 saturated carbocycles. The molecule has 0 aromatic carbocycles. The second-order valence-electron chi connectivity index (χ2n) is 15.4. The van der Waals surface area contributed by atoms with Gasteiger partial charge in [0.25, 0.3) is 0 Å². The van der Waals surface area contributed by atoms with Gasteiger partial charge in [0.2, 0.25) is 5.90 Å². The van der Waals surface area contributed by atoms with Gasteiger partial charge in [0, 0.05) is 30.4 Å². The van der Waals surface area contributed by atoms with Crippen LogP contribution in [0, 0.1) is 17.3 Å². The van der Waals surface area contributed by atoms with Crippen LogP contribution in [-0.2, 0) is 44.5 Å². The van der Waals surface area contributed by atoms with E-state index in [-0.39, 0.29) is 37.2 Å². The summed E-state index contributed by atoms with van der Waals surface area (Å²) in [6, 6.07) is 3.27. The Morgan fingerprint density at radius 1 is 1.10 bits per heavy atom. The molecule has 2 fully saturated rings. The smallest absolute Gasteiger partial charge is 0.334 e. The maximum atomic E-state index is 13.7. The summed E-state index contributed by atoms with van der Waals surface area (Å²) in [4.78, 5) is 48.4. The number of hydrogen-bond donors (Lipinski definition) is 3. The number of aliphatic hydroxyl groups is 2. The number of allylic oxidation sites excluding steroid dienone is 2. The van der Waals surface area contributed by atoms with Crippen molar-refractivity contribution in [3.63, 3.8) is 0 Å². The molecule has 4 aliphatic heterocycles. The van der Waals surface area contributed by atoms with E-state index >= 15 is 0 Å². The molecule has 4 bridgehead atoms. The highest BCUT2D eigenvalue weighted by Gasteiger charge is 2.57. The van der Waals surface area contributed by atoms with Crippen molar-refractivity contribution in [1.82, 2.24) is 4.98 Å². The quantitative estimate of drug-likeness (QED) is 0.182. The monoisotopic (exact) mass is 722 g/mol. The molecule has 12 heteroatoms. The van der Waals surface area contributed by atoms with Crippen LogP contribution in [0.15, 0.2) is 63.2 Å². The summed E-state index contributed by atoms with van der Waals surface area (Å²) in [6.07, 6.45) is 5.08. The van der Waals surface area contributed by atoms with E-state index in [0.717, 1.165) is 41.3 Å². The van der Waals surface area contributed by atoms with Crippen LogP contribution in [0.25, 0.3) is 0 Å². The fourth-order valence-electron chi connectivity index (χ4n) is 7.01. The average molecular weight is 723 g/mol. The Kier molecular flexibility index (Phi) is 12.6. The molecule has 1 aromatic heterocycles. The predicted molar refractivity (Wildman–Crippen MR) is 193 cm³/mol. The van der Waals surface area contributed by atoms with E-state index in [2.05, 4.69) is 31.8 Å². The third-order valence-electron chi connectivity index (χ3n) is 10.1. The van der Waals surface area contributed by atoms with Gasteiger partial charge in [-0.2, -0.15) is 0 Å². The largest absolute Gasteiger partial charge is 0.467 e. The number of aromatic amines is 1. The molecule has 284 valence electrons. The number of H-pyrrole nitrogens is 1. The minimum Gasteiger partial charge on any atom is -0.467 e. The lowest BCUT2D eigenvalue weighted by molar-refractivity contribution is -0.153. The summed E-state index contributed by atoms with van der Waals surface area (Å²) < 4.78 is 30.1. The van der Waals surface area contributed by atoms with E-state index in [1.165, 1.54) is 6.92 Å². The number of fused-ring (bicyclic) bond motifs is 6. The normalized spacial score (nSPS) is 32.2. The number of carbonyl (C=O) groups excluding carboxylic acids is 3. The van der Waals surface area contributed by atoms with E-state index in [1.54, 1.807) is 6.92 Å². The lowest BCUT2D eigenvalue weighted by Crippen LogP contribution is -2.43. The van der Waals surface area contributed by atoms with Crippen LogP contribution < -0.4 is 0 Å². The Bertz CT molecular complexity index is 1660. The van der Waals surface area contributed by atoms with Gasteiger partial charge in [-0.15, -0.1) is 0 Å². The van der Waals surface area contributed by atoms with Crippen molar-refractivity contribution in [2.24, 2.45) is 22.2 Å². The molecule has 2 saturated heterocycles. The van der Waals surface area contributed by atoms with Crippen LogP contribution in [0.4, 0.5) is 0 Å². The second-order valence-corrected chi connectivity index (χ2v) is 15.4. The Balaban J connectivity index is 1.55. The van der Waals surface area contributed by atoms with Gasteiger partial charge in [-0.05, 0) is 93.2 Å². The number of hydrogen-bond acceptors (Lipinski definition) is 11. The van der Waals surface area contributed by atoms with Crippen molar-refractivity contribution in [2.75, 3.05) is 26.4 Å². The standard InChI is InChI=1S/C40H54N2O10/c1-22(2)15-26-17-34(45)51-36-35(52-39(47)40(36,7)21-44)25(6)10-11-27-12-13-30(41-27)37-42-31(33(50-37)20-49-38(26)46)18-28-29(24(5)9-8-14-43)19-48-32(28)16-23(3)4/h10,12-13,17-18,22-23,31-33,35-36,41,43-44H,8-9,11,14-16,19-21H2,1-7H3/b25-10+,26-17+,28-18-,29-24+/t31-,32+,33+,35+,36-,40-/m1/s1. The lowest BCUT2D eigenvalue weighted by Gasteiger charge is -2.27. The van der Waals surface area contributed by atoms with Crippen molar-refractivity contribution < 1.29 is 48.3 Å². The number of nitrogens with zero attached hydrogens (tertiary/aromatic N) is 1. The maximum Gasteiger partial charge on any atom is 0.334 e. The third-order valence-corrected chi connectivity index (χ3v) is 10.1. The van der Waals surface area contributed by atoms with Gasteiger partial charge < -0.3 is 38.9 Å². The Hall–Kier alpha value is -4.00. The Labute approximate surface area is 306 Å². The number of aromatic nitrogens is 1. The summed E-state index contributed by atoms with van der Waals surface area (Å²) >= 11 is 0. The number of aliphatic hydroxyl groups excluding tert-OH is 2. The molecular formula is C40H54N2O10. The molecule has 12 nitrogen and oxygen atoms in total. The lowest BCUT2D eigenvalue weighted by atomic mass is 9.83. The van der Waals surface area contributed by atoms with Crippen molar-refractivity contribution in [3.05, 3.63) is 69.6 Å². The van der Waals surface area contributed by atoms with Crippen molar-refractivity contribution in [1.29, 1.82) is 0 Å². The molecule has 0 amide bonds. The minimum absolute atomic E-state index is 0.00163. The number of ether oxygens (including phenoxy) is 5. The summed E-state index contributed by atoms with van der Waals surface area (Å²) in [6.45, 7) is 13.3. The van der Waals surface area contributed by atoms with Crippen LogP contribution in [0.5, 0.6) is 0 Å². The molecule has 3 N–H and O–H groups in total. The van der Waals surface area contributed by atoms with Crippen LogP contribution in [0.2, 0.25) is 0 Å². The number of cyclic esters (lactones) is 1. The van der Waals surface area contributed by atoms with Crippen LogP contribution in [0.3, 0.4) is 0 Å². The number of esters is 3. The Morgan fingerprint density at radius 2 is 1.87 bits per heavy atom. The first-order valence-corrected chi connectivity index (χ1v) is 18.4. The number of carbonyl (C=O) groups is 3. The first kappa shape index (κ1) is 39.2. The number of rotatable bonds is 9. The highest BCUT2D eigenvalue weighted by atomic mass is 16.6. The van der Waals surface area contributed by atoms with Gasteiger partial charge in [0.05, 0.1) is 19.3 Å². The summed E-state index contributed by atoms with van der Waals surface area (Å²) in [5.74, 6) is -1.46. The van der Waals surface area contributed by atoms with Crippen LogP contribution >= 0.6 is 0 Å². The molecule has 52 heavy (non-hydrogen) atoms. The first-order chi connectivity index (χ1) is 24.7. The zero-order valence-electron chi connectivity index (χ0n) is 31.4. The maximum absolute atomic E-state index is 13.7. The SMILES string of the molecule is C/C(CCCO)=C1/CO[C@@H](CC(C)C)/C1=C\[C@H]1N=C2O[C@H]1COC(=O)/C(CC(C)C)=C/C(=O)O[C@@H]1[C@@H](OC(=O)[C@]1(C)CO)/C(C)=C/Cc1ccc2[nH]1. The summed E-state index contributed by atoms with van der Waals surface area (Å²) in [7, 11) is 0. The van der Waals surface area contributed by atoms with E-state index in [0.29, 0.717) is 42.5 Å². The van der Waals surface area contributed by atoms with E-state index < -0.39 is 54.3 Å². The van der Waals surface area contributed by atoms with Crippen molar-refractivity contribution in [3.8, 4) is 0 Å². The average Bonchev–Trinajstić information content (AvgIpc) is 3.87. The molecule has 5 rings (SSSR count). The van der Waals surface area contributed by atoms with Gasteiger partial charge in [0.1, 0.15) is 23.8 Å². The molecule has 5 heterocycles. The third kappa shape index (κ3) is 8.78. The number of aliphatic imine (C=N–C) groups is 1. The predicted octanol–water partition coefficient (Wildman–Crippen LogP) is 4.84.